The molecule has 0 saturated carbocycles. The standard InChI is InChI=1S/C10H8O4/c1-5-2-9-7(8(11)4-14-9)3-6(5)10(12)13/h2-3H,4H2,1H3,(H,12,13). The van der Waals surface area contributed by atoms with Crippen LogP contribution < -0.4 is 4.74 Å². The predicted octanol–water partition coefficient (Wildman–Crippen LogP) is 1.27. The summed E-state index contributed by atoms with van der Waals surface area (Å²) < 4.78 is 5.08. The van der Waals surface area contributed by atoms with Crippen LogP contribution in [0.2, 0.25) is 0 Å². The van der Waals surface area contributed by atoms with Gasteiger partial charge in [0.1, 0.15) is 5.75 Å². The highest BCUT2D eigenvalue weighted by Gasteiger charge is 2.23. The number of ketones is 1. The topological polar surface area (TPSA) is 63.6 Å². The number of ether oxygens (including phenoxy) is 1. The maximum Gasteiger partial charge on any atom is 0.335 e. The highest BCUT2D eigenvalue weighted by atomic mass is 16.5. The molecule has 4 heteroatoms. The molecule has 72 valence electrons. The molecular formula is C10H8O4. The first kappa shape index (κ1) is 8.74. The van der Waals surface area contributed by atoms with Crippen molar-refractivity contribution in [1.82, 2.24) is 0 Å². The van der Waals surface area contributed by atoms with Crippen molar-refractivity contribution in [3.8, 4) is 5.75 Å². The number of rotatable bonds is 1. The van der Waals surface area contributed by atoms with Crippen molar-refractivity contribution in [2.24, 2.45) is 0 Å². The molecule has 0 aromatic heterocycles. The van der Waals surface area contributed by atoms with Gasteiger partial charge in [0, 0.05) is 0 Å². The van der Waals surface area contributed by atoms with Crippen molar-refractivity contribution in [2.45, 2.75) is 6.92 Å². The molecule has 14 heavy (non-hydrogen) atoms. The first-order valence-electron chi connectivity index (χ1n) is 4.13. The van der Waals surface area contributed by atoms with Crippen LogP contribution in [0.1, 0.15) is 26.3 Å². The molecule has 1 heterocycles. The molecule has 1 aliphatic heterocycles. The zero-order valence-corrected chi connectivity index (χ0v) is 7.53. The lowest BCUT2D eigenvalue weighted by molar-refractivity contribution is 0.0696. The molecule has 0 saturated heterocycles. The molecule has 0 radical (unpaired) electrons. The molecule has 0 aliphatic carbocycles. The van der Waals surface area contributed by atoms with Gasteiger partial charge < -0.3 is 9.84 Å². The number of benzene rings is 1. The highest BCUT2D eigenvalue weighted by molar-refractivity contribution is 6.04. The van der Waals surface area contributed by atoms with Gasteiger partial charge in [0.25, 0.3) is 0 Å². The number of aryl methyl sites for hydroxylation is 1. The molecule has 1 aliphatic rings. The maximum atomic E-state index is 11.2. The van der Waals surface area contributed by atoms with Gasteiger partial charge in [0.05, 0.1) is 11.1 Å². The van der Waals surface area contributed by atoms with Gasteiger partial charge in [-0.05, 0) is 24.6 Å². The normalized spacial score (nSPS) is 13.6. The van der Waals surface area contributed by atoms with Crippen molar-refractivity contribution in [3.05, 3.63) is 28.8 Å². The summed E-state index contributed by atoms with van der Waals surface area (Å²) >= 11 is 0. The minimum absolute atomic E-state index is 0.0118. The number of hydrogen-bond donors (Lipinski definition) is 1. The fourth-order valence-electron chi connectivity index (χ4n) is 1.47. The average Bonchev–Trinajstić information content (AvgIpc) is 2.46. The fourth-order valence-corrected chi connectivity index (χ4v) is 1.47. The number of carboxylic acids is 1. The zero-order valence-electron chi connectivity index (χ0n) is 7.53. The number of carbonyl (C=O) groups excluding carboxylic acids is 1. The molecule has 1 aromatic carbocycles. The average molecular weight is 192 g/mol. The number of carbonyl (C=O) groups is 2. The molecule has 1 aromatic rings. The van der Waals surface area contributed by atoms with E-state index < -0.39 is 5.97 Å². The Morgan fingerprint density at radius 3 is 2.86 bits per heavy atom. The molecule has 0 fully saturated rings. The van der Waals surface area contributed by atoms with Crippen LogP contribution in [0.5, 0.6) is 5.75 Å². The SMILES string of the molecule is Cc1cc2c(cc1C(=O)O)C(=O)CO2. The van der Waals surface area contributed by atoms with Gasteiger partial charge in [-0.3, -0.25) is 4.79 Å². The number of hydrogen-bond acceptors (Lipinski definition) is 3. The van der Waals surface area contributed by atoms with Crippen molar-refractivity contribution in [3.63, 3.8) is 0 Å². The van der Waals surface area contributed by atoms with Crippen molar-refractivity contribution in [1.29, 1.82) is 0 Å². The summed E-state index contributed by atoms with van der Waals surface area (Å²) in [7, 11) is 0. The Hall–Kier alpha value is -1.84. The van der Waals surface area contributed by atoms with Gasteiger partial charge in [-0.15, -0.1) is 0 Å². The second kappa shape index (κ2) is 2.83. The van der Waals surface area contributed by atoms with Gasteiger partial charge in [-0.1, -0.05) is 0 Å². The predicted molar refractivity (Wildman–Crippen MR) is 48.0 cm³/mol. The molecule has 0 bridgehead atoms. The largest absolute Gasteiger partial charge is 0.485 e. The van der Waals surface area contributed by atoms with E-state index in [4.69, 9.17) is 9.84 Å². The van der Waals surface area contributed by atoms with Crippen LogP contribution >= 0.6 is 0 Å². The maximum absolute atomic E-state index is 11.2. The summed E-state index contributed by atoms with van der Waals surface area (Å²) in [6.45, 7) is 1.69. The third kappa shape index (κ3) is 1.16. The van der Waals surface area contributed by atoms with E-state index in [1.165, 1.54) is 6.07 Å². The van der Waals surface area contributed by atoms with E-state index in [9.17, 15) is 9.59 Å². The van der Waals surface area contributed by atoms with E-state index in [0.29, 0.717) is 16.9 Å². The van der Waals surface area contributed by atoms with Gasteiger partial charge in [-0.25, -0.2) is 4.79 Å². The summed E-state index contributed by atoms with van der Waals surface area (Å²) in [5, 5.41) is 8.83. The Kier molecular flexibility index (Phi) is 1.77. The third-order valence-corrected chi connectivity index (χ3v) is 2.22. The van der Waals surface area contributed by atoms with E-state index >= 15 is 0 Å². The molecular weight excluding hydrogens is 184 g/mol. The summed E-state index contributed by atoms with van der Waals surface area (Å²) in [4.78, 5) is 22.0. The van der Waals surface area contributed by atoms with Crippen LogP contribution in [0.25, 0.3) is 0 Å². The van der Waals surface area contributed by atoms with Crippen molar-refractivity contribution >= 4 is 11.8 Å². The molecule has 0 spiro atoms. The van der Waals surface area contributed by atoms with E-state index in [1.54, 1.807) is 13.0 Å². The number of carboxylic acid groups (broad SMARTS) is 1. The van der Waals surface area contributed by atoms with Gasteiger partial charge in [-0.2, -0.15) is 0 Å². The molecule has 0 atom stereocenters. The van der Waals surface area contributed by atoms with Gasteiger partial charge in [0.2, 0.25) is 5.78 Å². The first-order chi connectivity index (χ1) is 6.59. The number of aromatic carboxylic acids is 1. The number of Topliss-reactive ketones (excluding diaryl/α,β-unsaturated/α-hetero) is 1. The van der Waals surface area contributed by atoms with Crippen LogP contribution in [-0.4, -0.2) is 23.5 Å². The summed E-state index contributed by atoms with van der Waals surface area (Å²) in [5.41, 5.74) is 1.13. The molecule has 0 unspecified atom stereocenters. The lowest BCUT2D eigenvalue weighted by atomic mass is 10.0. The first-order valence-corrected chi connectivity index (χ1v) is 4.13. The zero-order chi connectivity index (χ0) is 10.3. The smallest absolute Gasteiger partial charge is 0.335 e. The summed E-state index contributed by atoms with van der Waals surface area (Å²) in [6, 6.07) is 2.96. The lowest BCUT2D eigenvalue weighted by Crippen LogP contribution is -2.02. The second-order valence-corrected chi connectivity index (χ2v) is 3.18. The second-order valence-electron chi connectivity index (χ2n) is 3.18. The fraction of sp³-hybridized carbons (Fsp3) is 0.200. The number of fused-ring (bicyclic) bond motifs is 1. The lowest BCUT2D eigenvalue weighted by Gasteiger charge is -2.03. The molecule has 2 rings (SSSR count). The van der Waals surface area contributed by atoms with E-state index in [2.05, 4.69) is 0 Å². The van der Waals surface area contributed by atoms with Crippen LogP contribution in [0.15, 0.2) is 12.1 Å². The molecule has 0 amide bonds. The minimum atomic E-state index is -1.02. The van der Waals surface area contributed by atoms with Gasteiger partial charge in [0.15, 0.2) is 6.61 Å². The van der Waals surface area contributed by atoms with Crippen molar-refractivity contribution in [2.75, 3.05) is 6.61 Å². The van der Waals surface area contributed by atoms with E-state index in [1.807, 2.05) is 0 Å². The monoisotopic (exact) mass is 192 g/mol. The Morgan fingerprint density at radius 2 is 2.21 bits per heavy atom. The molecule has 4 nitrogen and oxygen atoms in total. The van der Waals surface area contributed by atoms with Crippen LogP contribution in [-0.2, 0) is 0 Å². The van der Waals surface area contributed by atoms with E-state index in [-0.39, 0.29) is 18.0 Å². The van der Waals surface area contributed by atoms with Crippen LogP contribution in [0, 0.1) is 6.92 Å². The Bertz CT molecular complexity index is 433. The van der Waals surface area contributed by atoms with Crippen LogP contribution in [0.4, 0.5) is 0 Å². The Balaban J connectivity index is 2.62. The third-order valence-electron chi connectivity index (χ3n) is 2.22. The van der Waals surface area contributed by atoms with Crippen molar-refractivity contribution < 1.29 is 19.4 Å². The summed E-state index contributed by atoms with van der Waals surface area (Å²) in [5.74, 6) is -0.704. The van der Waals surface area contributed by atoms with Gasteiger partial charge >= 0.3 is 5.97 Å². The highest BCUT2D eigenvalue weighted by Crippen LogP contribution is 2.28. The Morgan fingerprint density at radius 1 is 1.50 bits per heavy atom. The quantitative estimate of drug-likeness (QED) is 0.727. The summed E-state index contributed by atoms with van der Waals surface area (Å²) in [6.07, 6.45) is 0. The molecule has 1 N–H and O–H groups in total. The minimum Gasteiger partial charge on any atom is -0.485 e. The Labute approximate surface area is 80.1 Å². The van der Waals surface area contributed by atoms with Crippen LogP contribution in [0.3, 0.4) is 0 Å². The van der Waals surface area contributed by atoms with E-state index in [0.717, 1.165) is 0 Å².